The van der Waals surface area contributed by atoms with E-state index in [1.165, 1.54) is 21.6 Å². The van der Waals surface area contributed by atoms with Crippen LogP contribution in [0, 0.1) is 11.8 Å². The minimum absolute atomic E-state index is 0.00208. The summed E-state index contributed by atoms with van der Waals surface area (Å²) in [5.74, 6) is -10.4. The Morgan fingerprint density at radius 1 is 0.597 bits per heavy atom. The summed E-state index contributed by atoms with van der Waals surface area (Å²) in [5, 5.41) is 52.2. The largest absolute Gasteiger partial charge is 0.481 e. The number of rotatable bonds is 42. The van der Waals surface area contributed by atoms with Crippen molar-refractivity contribution in [2.75, 3.05) is 24.6 Å². The fourth-order valence-corrected chi connectivity index (χ4v) is 9.82. The number of nitrogens with two attached hydrogens (primary N) is 1. The minimum atomic E-state index is -1.60. The molecule has 6 amide bonds. The molecule has 7 atom stereocenters. The van der Waals surface area contributed by atoms with Crippen LogP contribution in [-0.4, -0.2) is 147 Å². The molecule has 0 unspecified atom stereocenters. The maximum Gasteiger partial charge on any atom is 0.326 e. The summed E-state index contributed by atoms with van der Waals surface area (Å²) in [5.41, 5.74) is 7.57. The molecule has 24 nitrogen and oxygen atoms in total. The molecule has 0 aliphatic rings. The Morgan fingerprint density at radius 3 is 1.82 bits per heavy atom. The number of urea groups is 1. The second-order valence-electron chi connectivity index (χ2n) is 17.9. The van der Waals surface area contributed by atoms with Gasteiger partial charge in [-0.25, -0.2) is 9.59 Å². The van der Waals surface area contributed by atoms with E-state index in [1.807, 2.05) is 6.92 Å². The molecule has 0 saturated heterocycles. The number of carbonyl (C=O) groups is 12. The van der Waals surface area contributed by atoms with Gasteiger partial charge in [-0.1, -0.05) is 102 Å². The third-order valence-corrected chi connectivity index (χ3v) is 14.2. The van der Waals surface area contributed by atoms with Crippen LogP contribution in [-0.2, 0) is 70.3 Å². The fourth-order valence-electron chi connectivity index (χ4n) is 7.38. The molecule has 2 rings (SSSR count). The van der Waals surface area contributed by atoms with Gasteiger partial charge in [0.05, 0.1) is 30.8 Å². The number of benzene rings is 2. The summed E-state index contributed by atoms with van der Waals surface area (Å²) < 4.78 is 4.62. The zero-order valence-electron chi connectivity index (χ0n) is 42.8. The second-order valence-corrected chi connectivity index (χ2v) is 20.5. The molecule has 0 aliphatic carbocycles. The number of carboxylic acid groups (broad SMARTS) is 4. The van der Waals surface area contributed by atoms with E-state index >= 15 is 0 Å². The molecule has 0 aromatic heterocycles. The highest BCUT2D eigenvalue weighted by atomic mass is 33.1. The van der Waals surface area contributed by atoms with Gasteiger partial charge >= 0.3 is 29.9 Å². The number of nitrogens with one attached hydrogen (secondary N) is 6. The van der Waals surface area contributed by atoms with Crippen LogP contribution >= 0.6 is 21.6 Å². The molecule has 26 heteroatoms. The molecule has 77 heavy (non-hydrogen) atoms. The van der Waals surface area contributed by atoms with Crippen molar-refractivity contribution in [1.29, 1.82) is 0 Å². The van der Waals surface area contributed by atoms with Gasteiger partial charge in [0.1, 0.15) is 12.1 Å². The van der Waals surface area contributed by atoms with Crippen molar-refractivity contribution < 1.29 is 82.7 Å². The van der Waals surface area contributed by atoms with Crippen LogP contribution in [0.3, 0.4) is 0 Å². The summed E-state index contributed by atoms with van der Waals surface area (Å²) in [6.45, 7) is 1.72. The van der Waals surface area contributed by atoms with Crippen molar-refractivity contribution >= 4 is 93.2 Å². The molecule has 0 spiro atoms. The lowest BCUT2D eigenvalue weighted by Gasteiger charge is -2.23. The number of carbonyl (C=O) groups excluding carboxylic acids is 8. The normalized spacial score (nSPS) is 13.6. The molecule has 0 radical (unpaired) electrons. The average Bonchev–Trinajstić information content (AvgIpc) is 3.38. The fraction of sp³-hybridized carbons (Fsp3) is 0.529. The lowest BCUT2D eigenvalue weighted by molar-refractivity contribution is -0.144. The molecule has 0 fully saturated rings. The summed E-state index contributed by atoms with van der Waals surface area (Å²) in [6.07, 6.45) is -1.09. The van der Waals surface area contributed by atoms with E-state index in [9.17, 15) is 72.9 Å². The number of carboxylic acids is 4. The Labute approximate surface area is 453 Å². The first-order chi connectivity index (χ1) is 36.7. The van der Waals surface area contributed by atoms with Gasteiger partial charge < -0.3 is 62.8 Å². The number of amides is 6. The highest BCUT2D eigenvalue weighted by molar-refractivity contribution is 8.76. The third kappa shape index (κ3) is 29.2. The third-order valence-electron chi connectivity index (χ3n) is 11.6. The van der Waals surface area contributed by atoms with Crippen LogP contribution in [0.2, 0.25) is 0 Å². The van der Waals surface area contributed by atoms with Crippen molar-refractivity contribution in [1.82, 2.24) is 31.9 Å². The molecule has 0 heterocycles. The van der Waals surface area contributed by atoms with Gasteiger partial charge in [-0.05, 0) is 49.7 Å². The molecule has 12 N–H and O–H groups in total. The van der Waals surface area contributed by atoms with Crippen molar-refractivity contribution in [3.05, 3.63) is 71.8 Å². The summed E-state index contributed by atoms with van der Waals surface area (Å²) in [6, 6.07) is 11.1. The van der Waals surface area contributed by atoms with Gasteiger partial charge in [-0.3, -0.25) is 47.9 Å². The Morgan fingerprint density at radius 2 is 1.22 bits per heavy atom. The first kappa shape index (κ1) is 66.1. The Kier molecular flexibility index (Phi) is 32.3. The van der Waals surface area contributed by atoms with E-state index in [0.29, 0.717) is 31.2 Å². The second kappa shape index (κ2) is 37.6. The van der Waals surface area contributed by atoms with Gasteiger partial charge in [0.25, 0.3) is 6.47 Å². The Balaban J connectivity index is 2.00. The number of ether oxygens (including phenoxy) is 1. The predicted molar refractivity (Wildman–Crippen MR) is 283 cm³/mol. The molecule has 0 saturated carbocycles. The molecule has 2 aromatic carbocycles. The first-order valence-corrected chi connectivity index (χ1v) is 27.5. The highest BCUT2D eigenvalue weighted by Gasteiger charge is 2.32. The van der Waals surface area contributed by atoms with E-state index in [1.54, 1.807) is 60.7 Å². The van der Waals surface area contributed by atoms with Crippen molar-refractivity contribution in [3.63, 3.8) is 0 Å². The van der Waals surface area contributed by atoms with Gasteiger partial charge in [-0.2, -0.15) is 0 Å². The van der Waals surface area contributed by atoms with Gasteiger partial charge in [0.15, 0.2) is 17.8 Å². The van der Waals surface area contributed by atoms with Crippen LogP contribution in [0.1, 0.15) is 102 Å². The molecule has 2 aromatic rings. The molecule has 424 valence electrons. The highest BCUT2D eigenvalue weighted by Crippen LogP contribution is 2.26. The monoisotopic (exact) mass is 1120 g/mol. The van der Waals surface area contributed by atoms with Crippen LogP contribution < -0.4 is 37.6 Å². The quantitative estimate of drug-likeness (QED) is 0.0197. The van der Waals surface area contributed by atoms with Crippen LogP contribution in [0.25, 0.3) is 0 Å². The number of aliphatic carboxylic acids is 4. The maximum absolute atomic E-state index is 14.2. The van der Waals surface area contributed by atoms with Crippen LogP contribution in [0.15, 0.2) is 60.7 Å². The average molecular weight is 1120 g/mol. The topological polar surface area (TPSA) is 393 Å². The lowest BCUT2D eigenvalue weighted by Crippen LogP contribution is -2.53. The Hall–Kier alpha value is -7.06. The molecule has 0 bridgehead atoms. The number of ketones is 2. The van der Waals surface area contributed by atoms with E-state index < -0.39 is 133 Å². The zero-order valence-corrected chi connectivity index (χ0v) is 44.5. The van der Waals surface area contributed by atoms with Gasteiger partial charge in [0, 0.05) is 62.6 Å². The summed E-state index contributed by atoms with van der Waals surface area (Å²) >= 11 is 0. The lowest BCUT2D eigenvalue weighted by atomic mass is 9.89. The summed E-state index contributed by atoms with van der Waals surface area (Å²) in [7, 11) is 2.71. The smallest absolute Gasteiger partial charge is 0.326 e. The standard InChI is InChI=1S/C51H71N7O17S2/c1-2-23-76-77-30-35(49(70)71)27-41(61)39(28-46(66)67)56-48(69)36(52)29-54-47(68)34(24-32-13-7-5-8-14-32)26-40(60)38(25-33-15-9-6-10-16-33)55-43(63)17-11-3-4-12-22-53-42(62)19-18-37(50(72)73)57-51(74)58-44(75-31-59)20-21-45(64)65/h5-10,13-16,31,34-39,44H,2-4,11-12,17-30,52H2,1H3,(H,53,62)(H,54,68)(H,55,63)(H,56,69)(H,64,65)(H,66,67)(H,70,71)(H,72,73)(H2,57,58,74)/t34-,35+,36+,37+,38+,39+,44-/m1/s1. The molecular formula is C51H71N7O17S2. The maximum atomic E-state index is 14.2. The van der Waals surface area contributed by atoms with E-state index in [-0.39, 0.29) is 63.7 Å². The number of hydrogen-bond acceptors (Lipinski definition) is 16. The van der Waals surface area contributed by atoms with Gasteiger partial charge in [0.2, 0.25) is 23.6 Å². The van der Waals surface area contributed by atoms with E-state index in [2.05, 4.69) is 36.6 Å². The van der Waals surface area contributed by atoms with Crippen molar-refractivity contribution in [2.24, 2.45) is 17.6 Å². The van der Waals surface area contributed by atoms with Crippen LogP contribution in [0.4, 0.5) is 4.79 Å². The van der Waals surface area contributed by atoms with Crippen molar-refractivity contribution in [3.8, 4) is 0 Å². The van der Waals surface area contributed by atoms with Crippen molar-refractivity contribution in [2.45, 2.75) is 134 Å². The number of unbranched alkanes of at least 4 members (excludes halogenated alkanes) is 3. The SMILES string of the molecule is CCCSSC[C@H](CC(=O)[C@H](CC(=O)O)NC(=O)[C@@H](N)CNC(=O)[C@@H](CC(=O)[C@H](Cc1ccccc1)NC(=O)CCCCCCNC(=O)CC[C@H](NC(=O)N[C@@H](CCC(=O)O)OC=O)C(=O)O)Cc1ccccc1)C(=O)O. The zero-order chi connectivity index (χ0) is 57.1. The number of hydrogen-bond donors (Lipinski definition) is 11. The minimum Gasteiger partial charge on any atom is -0.481 e. The first-order valence-electron chi connectivity index (χ1n) is 25.0. The number of Topliss-reactive ketones (excluding diaryl/α,β-unsaturated/α-hetero) is 2. The van der Waals surface area contributed by atoms with E-state index in [0.717, 1.165) is 17.7 Å². The molecule has 0 aliphatic heterocycles. The van der Waals surface area contributed by atoms with E-state index in [4.69, 9.17) is 10.8 Å². The summed E-state index contributed by atoms with van der Waals surface area (Å²) in [4.78, 5) is 149. The predicted octanol–water partition coefficient (Wildman–Crippen LogP) is 2.35. The Bertz CT molecular complexity index is 2260. The molecular weight excluding hydrogens is 1050 g/mol. The van der Waals surface area contributed by atoms with Crippen LogP contribution in [0.5, 0.6) is 0 Å². The van der Waals surface area contributed by atoms with Gasteiger partial charge in [-0.15, -0.1) is 0 Å².